The van der Waals surface area contributed by atoms with Gasteiger partial charge in [0, 0.05) is 64.1 Å². The summed E-state index contributed by atoms with van der Waals surface area (Å²) in [5.41, 5.74) is 5.88. The average molecular weight is 863 g/mol. The number of furan rings is 1. The van der Waals surface area contributed by atoms with E-state index in [1.54, 1.807) is 11.8 Å². The fraction of sp³-hybridized carbons (Fsp3) is 0.463. The first-order valence-corrected chi connectivity index (χ1v) is 18.7. The van der Waals surface area contributed by atoms with E-state index >= 15 is 0 Å². The van der Waals surface area contributed by atoms with Gasteiger partial charge in [-0.05, 0) is 66.3 Å². The average Bonchev–Trinajstić information content (AvgIpc) is 3.63. The van der Waals surface area contributed by atoms with Crippen LogP contribution in [0.5, 0.6) is 0 Å². The van der Waals surface area contributed by atoms with Crippen LogP contribution in [0.4, 0.5) is 0 Å². The quantitative estimate of drug-likeness (QED) is 0.0742. The van der Waals surface area contributed by atoms with Crippen LogP contribution < -0.4 is 0 Å². The largest absolute Gasteiger partial charge is 0.512 e. The Labute approximate surface area is 310 Å². The van der Waals surface area contributed by atoms with Crippen molar-refractivity contribution >= 4 is 51.2 Å². The second-order valence-electron chi connectivity index (χ2n) is 14.3. The Morgan fingerprint density at radius 2 is 1.67 bits per heavy atom. The summed E-state index contributed by atoms with van der Waals surface area (Å²) in [4.78, 5) is 19.5. The summed E-state index contributed by atoms with van der Waals surface area (Å²) in [5.74, 6) is 0.286. The number of rotatable bonds is 10. The first-order chi connectivity index (χ1) is 22.2. The Kier molecular flexibility index (Phi) is 13.5. The van der Waals surface area contributed by atoms with Crippen LogP contribution >= 0.6 is 23.5 Å². The third-order valence-corrected chi connectivity index (χ3v) is 12.2. The third kappa shape index (κ3) is 8.17. The monoisotopic (exact) mass is 863 g/mol. The van der Waals surface area contributed by atoms with Gasteiger partial charge in [0.1, 0.15) is 16.9 Å². The van der Waals surface area contributed by atoms with Crippen molar-refractivity contribution in [3.63, 3.8) is 0 Å². The van der Waals surface area contributed by atoms with Gasteiger partial charge in [0.25, 0.3) is 0 Å². The SMILES string of the molecule is C=CSc1c[c-]c(-c2nccc3oc4ccc5c(c4c23)SC(C)C5)cc1C(C)(C)C.CCC(C)(CC)C(=O)/C=C(\O)C(C)(CC)CC.[Ir]. The van der Waals surface area contributed by atoms with Gasteiger partial charge < -0.3 is 14.5 Å². The second kappa shape index (κ2) is 16.1. The molecule has 0 bridgehead atoms. The molecule has 3 heterocycles. The topological polar surface area (TPSA) is 63.3 Å². The minimum atomic E-state index is -0.337. The molecule has 48 heavy (non-hydrogen) atoms. The number of carbonyl (C=O) groups excluding carboxylic acids is 1. The fourth-order valence-electron chi connectivity index (χ4n) is 5.94. The molecule has 0 aliphatic carbocycles. The molecular weight excluding hydrogens is 811 g/mol. The summed E-state index contributed by atoms with van der Waals surface area (Å²) in [6, 6.07) is 14.1. The number of carbonyl (C=O) groups is 1. The normalized spacial score (nSPS) is 15.1. The first kappa shape index (κ1) is 40.1. The Balaban J connectivity index is 0.000000301. The standard InChI is InChI=1S/C26H24NOS2.C15H28O2.Ir/c1-6-29-21-10-8-16(14-18(21)26(3,4)5)24-22-20(11-12-27-24)28-19-9-7-17-13-15(2)30-25(17)23(19)22;1-7-14(5,8-2)12(16)11-13(17)15(6,9-3)10-4;/h6-7,9-12,14-15H,1,13H2,2-5H3;11,16H,7-10H2,1-6H3;/q-1;;/b;12-11-;. The van der Waals surface area contributed by atoms with Crippen LogP contribution in [0.3, 0.4) is 0 Å². The number of nitrogens with zero attached hydrogens (tertiary/aromatic N) is 1. The van der Waals surface area contributed by atoms with Crippen LogP contribution in [0.1, 0.15) is 106 Å². The van der Waals surface area contributed by atoms with Gasteiger partial charge in [-0.2, -0.15) is 11.8 Å². The van der Waals surface area contributed by atoms with E-state index in [1.807, 2.05) is 71.0 Å². The van der Waals surface area contributed by atoms with Crippen LogP contribution in [0.25, 0.3) is 33.2 Å². The van der Waals surface area contributed by atoms with E-state index in [0.29, 0.717) is 5.25 Å². The summed E-state index contributed by atoms with van der Waals surface area (Å²) >= 11 is 3.60. The van der Waals surface area contributed by atoms with Crippen molar-refractivity contribution in [3.8, 4) is 11.3 Å². The second-order valence-corrected chi connectivity index (χ2v) is 16.7. The van der Waals surface area contributed by atoms with Gasteiger partial charge in [-0.3, -0.25) is 4.79 Å². The number of fused-ring (bicyclic) bond motifs is 5. The zero-order valence-electron chi connectivity index (χ0n) is 30.3. The molecule has 4 nitrogen and oxygen atoms in total. The van der Waals surface area contributed by atoms with Gasteiger partial charge >= 0.3 is 0 Å². The number of thioether (sulfide) groups is 2. The number of allylic oxidation sites excluding steroid dienone is 2. The Morgan fingerprint density at radius 1 is 1.04 bits per heavy atom. The Morgan fingerprint density at radius 3 is 2.25 bits per heavy atom. The number of pyridine rings is 1. The maximum atomic E-state index is 12.2. The number of aromatic nitrogens is 1. The molecule has 5 rings (SSSR count). The molecule has 0 spiro atoms. The minimum absolute atomic E-state index is 0. The van der Waals surface area contributed by atoms with Gasteiger partial charge in [-0.15, -0.1) is 41.1 Å². The van der Waals surface area contributed by atoms with E-state index in [2.05, 4.69) is 64.6 Å². The van der Waals surface area contributed by atoms with Gasteiger partial charge in [-0.25, -0.2) is 0 Å². The number of hydrogen-bond donors (Lipinski definition) is 1. The predicted molar refractivity (Wildman–Crippen MR) is 203 cm³/mol. The van der Waals surface area contributed by atoms with E-state index in [4.69, 9.17) is 9.40 Å². The van der Waals surface area contributed by atoms with Crippen LogP contribution in [0.15, 0.2) is 74.6 Å². The predicted octanol–water partition coefficient (Wildman–Crippen LogP) is 12.7. The summed E-state index contributed by atoms with van der Waals surface area (Å²) in [7, 11) is 0. The number of hydrogen-bond acceptors (Lipinski definition) is 6. The number of aliphatic hydroxyl groups is 1. The van der Waals surface area contributed by atoms with E-state index in [-0.39, 0.29) is 47.9 Å². The molecule has 2 aromatic heterocycles. The van der Waals surface area contributed by atoms with Gasteiger partial charge in [0.2, 0.25) is 0 Å². The molecule has 4 aromatic rings. The van der Waals surface area contributed by atoms with E-state index in [1.165, 1.54) is 32.4 Å². The van der Waals surface area contributed by atoms with Crippen molar-refractivity contribution in [3.05, 3.63) is 77.5 Å². The molecule has 0 saturated heterocycles. The zero-order valence-corrected chi connectivity index (χ0v) is 34.3. The maximum Gasteiger partial charge on any atom is 0.164 e. The summed E-state index contributed by atoms with van der Waals surface area (Å²) in [6.07, 6.45) is 7.70. The molecule has 7 heteroatoms. The zero-order chi connectivity index (χ0) is 34.7. The molecule has 1 unspecified atom stereocenters. The number of aliphatic hydroxyl groups excluding tert-OH is 1. The van der Waals surface area contributed by atoms with Crippen molar-refractivity contribution in [2.75, 3.05) is 0 Å². The summed E-state index contributed by atoms with van der Waals surface area (Å²) in [5, 5.41) is 14.9. The van der Waals surface area contributed by atoms with Crippen LogP contribution in [0.2, 0.25) is 0 Å². The Hall–Kier alpha value is -2.31. The molecule has 1 radical (unpaired) electrons. The van der Waals surface area contributed by atoms with Crippen molar-refractivity contribution in [2.45, 2.75) is 122 Å². The van der Waals surface area contributed by atoms with Gasteiger partial charge in [-0.1, -0.05) is 86.8 Å². The van der Waals surface area contributed by atoms with Crippen molar-refractivity contribution in [1.29, 1.82) is 0 Å². The molecular formula is C41H52IrNO3S2-. The Bertz CT molecular complexity index is 1790. The van der Waals surface area contributed by atoms with Gasteiger partial charge in [0.05, 0.1) is 0 Å². The third-order valence-electron chi connectivity index (χ3n) is 10.2. The molecule has 261 valence electrons. The van der Waals surface area contributed by atoms with E-state index in [0.717, 1.165) is 59.9 Å². The molecule has 1 atom stereocenters. The fourth-order valence-corrected chi connectivity index (χ4v) is 8.03. The molecule has 0 amide bonds. The van der Waals surface area contributed by atoms with E-state index in [9.17, 15) is 9.90 Å². The molecule has 1 aliphatic heterocycles. The van der Waals surface area contributed by atoms with Crippen molar-refractivity contribution < 1.29 is 34.4 Å². The van der Waals surface area contributed by atoms with Gasteiger partial charge in [0.15, 0.2) is 5.78 Å². The maximum absolute atomic E-state index is 12.2. The molecule has 1 N–H and O–H groups in total. The summed E-state index contributed by atoms with van der Waals surface area (Å²) in [6.45, 7) is 25.0. The molecule has 0 fully saturated rings. The van der Waals surface area contributed by atoms with Crippen molar-refractivity contribution in [2.24, 2.45) is 10.8 Å². The molecule has 0 saturated carbocycles. The smallest absolute Gasteiger partial charge is 0.164 e. The first-order valence-electron chi connectivity index (χ1n) is 17.0. The molecule has 1 aliphatic rings. The van der Waals surface area contributed by atoms with Crippen LogP contribution in [-0.2, 0) is 36.7 Å². The van der Waals surface area contributed by atoms with Crippen molar-refractivity contribution in [1.82, 2.24) is 4.98 Å². The number of benzene rings is 2. The summed E-state index contributed by atoms with van der Waals surface area (Å²) < 4.78 is 6.25. The molecule has 2 aromatic carbocycles. The van der Waals surface area contributed by atoms with E-state index < -0.39 is 0 Å². The van der Waals surface area contributed by atoms with Crippen LogP contribution in [-0.4, -0.2) is 21.1 Å². The van der Waals surface area contributed by atoms with Crippen LogP contribution in [0, 0.1) is 16.9 Å². The number of ketones is 1. The minimum Gasteiger partial charge on any atom is -0.512 e.